The Labute approximate surface area is 164 Å². The minimum absolute atomic E-state index is 0.0201. The number of hydrogen-bond acceptors (Lipinski definition) is 3. The second kappa shape index (κ2) is 7.59. The van der Waals surface area contributed by atoms with Crippen LogP contribution in [0, 0.1) is 0 Å². The Morgan fingerprint density at radius 3 is 2.57 bits per heavy atom. The summed E-state index contributed by atoms with van der Waals surface area (Å²) < 4.78 is 30.6. The van der Waals surface area contributed by atoms with Gasteiger partial charge in [-0.1, -0.05) is 29.8 Å². The van der Waals surface area contributed by atoms with Gasteiger partial charge in [0.05, 0.1) is 16.4 Å². The Morgan fingerprint density at radius 2 is 1.93 bits per heavy atom. The summed E-state index contributed by atoms with van der Waals surface area (Å²) in [4.78, 5) is 12.9. The lowest BCUT2D eigenvalue weighted by molar-refractivity contribution is -0.0497. The molecule has 3 aromatic rings. The number of para-hydroxylation sites is 1. The number of hydrogen-bond donors (Lipinski definition) is 1. The maximum absolute atomic E-state index is 12.9. The third kappa shape index (κ3) is 3.99. The van der Waals surface area contributed by atoms with E-state index >= 15 is 0 Å². The van der Waals surface area contributed by atoms with Gasteiger partial charge in [-0.2, -0.15) is 13.9 Å². The first-order valence-electron chi connectivity index (χ1n) is 8.72. The number of ether oxygens (including phenoxy) is 1. The molecule has 0 bridgehead atoms. The largest absolute Gasteiger partial charge is 0.433 e. The molecule has 1 heterocycles. The van der Waals surface area contributed by atoms with E-state index < -0.39 is 6.61 Å². The minimum atomic E-state index is -2.97. The molecule has 1 aliphatic rings. The minimum Gasteiger partial charge on any atom is -0.433 e. The van der Waals surface area contributed by atoms with Crippen LogP contribution in [-0.4, -0.2) is 22.3 Å². The molecule has 1 aliphatic carbocycles. The molecule has 5 nitrogen and oxygen atoms in total. The van der Waals surface area contributed by atoms with E-state index in [0.29, 0.717) is 17.3 Å². The smallest absolute Gasteiger partial charge is 0.387 e. The van der Waals surface area contributed by atoms with E-state index in [9.17, 15) is 13.6 Å². The van der Waals surface area contributed by atoms with E-state index in [2.05, 4.69) is 15.2 Å². The first-order chi connectivity index (χ1) is 13.5. The highest BCUT2D eigenvalue weighted by Gasteiger charge is 2.29. The van der Waals surface area contributed by atoms with Crippen LogP contribution in [0.2, 0.25) is 5.02 Å². The lowest BCUT2D eigenvalue weighted by atomic mass is 10.2. The Morgan fingerprint density at radius 1 is 1.18 bits per heavy atom. The molecule has 0 aliphatic heterocycles. The highest BCUT2D eigenvalue weighted by atomic mass is 35.5. The van der Waals surface area contributed by atoms with Crippen LogP contribution in [0.15, 0.2) is 54.6 Å². The number of carbonyl (C=O) groups is 1. The van der Waals surface area contributed by atoms with Crippen LogP contribution in [-0.2, 0) is 0 Å². The summed E-state index contributed by atoms with van der Waals surface area (Å²) in [6.07, 6.45) is 2.13. The van der Waals surface area contributed by atoms with E-state index in [1.54, 1.807) is 10.7 Å². The summed E-state index contributed by atoms with van der Waals surface area (Å²) in [6.45, 7) is -2.97. The molecule has 1 N–H and O–H groups in total. The third-order valence-electron chi connectivity index (χ3n) is 4.36. The van der Waals surface area contributed by atoms with Crippen molar-refractivity contribution in [3.8, 4) is 11.4 Å². The zero-order chi connectivity index (χ0) is 19.7. The van der Waals surface area contributed by atoms with Gasteiger partial charge in [-0.05, 0) is 49.2 Å². The molecule has 1 saturated carbocycles. The van der Waals surface area contributed by atoms with Crippen LogP contribution < -0.4 is 10.1 Å². The molecule has 28 heavy (non-hydrogen) atoms. The number of nitrogens with zero attached hydrogens (tertiary/aromatic N) is 2. The van der Waals surface area contributed by atoms with Crippen molar-refractivity contribution in [2.24, 2.45) is 0 Å². The number of rotatable bonds is 6. The SMILES string of the molecule is O=C(Nc1ccc(OC(F)F)c(Cl)c1)c1cc(C2CC2)nn1-c1ccccc1. The van der Waals surface area contributed by atoms with Crippen molar-refractivity contribution in [1.29, 1.82) is 0 Å². The second-order valence-electron chi connectivity index (χ2n) is 6.45. The average Bonchev–Trinajstić information content (AvgIpc) is 3.42. The van der Waals surface area contributed by atoms with E-state index in [1.807, 2.05) is 30.3 Å². The maximum Gasteiger partial charge on any atom is 0.387 e. The van der Waals surface area contributed by atoms with Gasteiger partial charge in [0.15, 0.2) is 0 Å². The molecule has 0 saturated heterocycles. The zero-order valence-electron chi connectivity index (χ0n) is 14.6. The number of anilines is 1. The van der Waals surface area contributed by atoms with E-state index in [1.165, 1.54) is 18.2 Å². The lowest BCUT2D eigenvalue weighted by Gasteiger charge is -2.10. The lowest BCUT2D eigenvalue weighted by Crippen LogP contribution is -2.17. The molecule has 4 rings (SSSR count). The normalized spacial score (nSPS) is 13.6. The topological polar surface area (TPSA) is 56.1 Å². The highest BCUT2D eigenvalue weighted by molar-refractivity contribution is 6.32. The monoisotopic (exact) mass is 403 g/mol. The number of benzene rings is 2. The summed E-state index contributed by atoms with van der Waals surface area (Å²) in [5.74, 6) is -0.140. The van der Waals surface area contributed by atoms with Crippen LogP contribution in [0.4, 0.5) is 14.5 Å². The van der Waals surface area contributed by atoms with E-state index in [4.69, 9.17) is 11.6 Å². The van der Waals surface area contributed by atoms with Gasteiger partial charge >= 0.3 is 6.61 Å². The maximum atomic E-state index is 12.9. The molecule has 144 valence electrons. The van der Waals surface area contributed by atoms with Gasteiger partial charge in [-0.25, -0.2) is 4.68 Å². The van der Waals surface area contributed by atoms with Gasteiger partial charge in [0.1, 0.15) is 11.4 Å². The predicted molar refractivity (Wildman–Crippen MR) is 102 cm³/mol. The van der Waals surface area contributed by atoms with Crippen molar-refractivity contribution < 1.29 is 18.3 Å². The third-order valence-corrected chi connectivity index (χ3v) is 4.66. The molecule has 2 aromatic carbocycles. The summed E-state index contributed by atoms with van der Waals surface area (Å²) in [5, 5.41) is 7.31. The second-order valence-corrected chi connectivity index (χ2v) is 6.86. The summed E-state index contributed by atoms with van der Waals surface area (Å²) in [6, 6.07) is 15.3. The van der Waals surface area contributed by atoms with Gasteiger partial charge in [0.2, 0.25) is 0 Å². The van der Waals surface area contributed by atoms with Crippen LogP contribution in [0.1, 0.15) is 34.9 Å². The fraction of sp³-hybridized carbons (Fsp3) is 0.200. The average molecular weight is 404 g/mol. The number of carbonyl (C=O) groups excluding carboxylic acids is 1. The number of amides is 1. The van der Waals surface area contributed by atoms with Crippen molar-refractivity contribution in [3.05, 3.63) is 71.0 Å². The fourth-order valence-electron chi connectivity index (χ4n) is 2.87. The molecular weight excluding hydrogens is 388 g/mol. The van der Waals surface area contributed by atoms with Crippen LogP contribution in [0.3, 0.4) is 0 Å². The number of halogens is 3. The van der Waals surface area contributed by atoms with Crippen LogP contribution in [0.25, 0.3) is 5.69 Å². The van der Waals surface area contributed by atoms with E-state index in [0.717, 1.165) is 24.2 Å². The van der Waals surface area contributed by atoms with Crippen molar-refractivity contribution in [2.45, 2.75) is 25.4 Å². The molecule has 1 aromatic heterocycles. The fourth-order valence-corrected chi connectivity index (χ4v) is 3.10. The van der Waals surface area contributed by atoms with Gasteiger partial charge < -0.3 is 10.1 Å². The molecule has 0 unspecified atom stereocenters. The molecule has 0 radical (unpaired) electrons. The Balaban J connectivity index is 1.60. The predicted octanol–water partition coefficient (Wildman–Crippen LogP) is 5.26. The summed E-state index contributed by atoms with van der Waals surface area (Å²) >= 11 is 5.96. The Kier molecular flexibility index (Phi) is 5.00. The first kappa shape index (κ1) is 18.4. The Hall–Kier alpha value is -2.93. The summed E-state index contributed by atoms with van der Waals surface area (Å²) in [7, 11) is 0. The first-order valence-corrected chi connectivity index (χ1v) is 9.10. The molecule has 8 heteroatoms. The molecular formula is C20H16ClF2N3O2. The van der Waals surface area contributed by atoms with Crippen molar-refractivity contribution in [2.75, 3.05) is 5.32 Å². The molecule has 1 fully saturated rings. The standard InChI is InChI=1S/C20H16ClF2N3O2/c21-15-10-13(8-9-18(15)28-20(22)23)24-19(27)17-11-16(12-6-7-12)25-26(17)14-4-2-1-3-5-14/h1-5,8-12,20H,6-7H2,(H,24,27). The van der Waals surface area contributed by atoms with Crippen molar-refractivity contribution in [1.82, 2.24) is 9.78 Å². The van der Waals surface area contributed by atoms with Crippen LogP contribution >= 0.6 is 11.6 Å². The van der Waals surface area contributed by atoms with E-state index in [-0.39, 0.29) is 16.7 Å². The highest BCUT2D eigenvalue weighted by Crippen LogP contribution is 2.40. The van der Waals surface area contributed by atoms with Crippen molar-refractivity contribution >= 4 is 23.2 Å². The number of aromatic nitrogens is 2. The molecule has 0 atom stereocenters. The van der Waals surface area contributed by atoms with Crippen LogP contribution in [0.5, 0.6) is 5.75 Å². The molecule has 1 amide bonds. The van der Waals surface area contributed by atoms with Gasteiger partial charge in [-0.3, -0.25) is 4.79 Å². The van der Waals surface area contributed by atoms with Gasteiger partial charge in [0, 0.05) is 11.6 Å². The number of alkyl halides is 2. The van der Waals surface area contributed by atoms with Gasteiger partial charge in [-0.15, -0.1) is 0 Å². The molecule has 0 spiro atoms. The zero-order valence-corrected chi connectivity index (χ0v) is 15.4. The van der Waals surface area contributed by atoms with Crippen molar-refractivity contribution in [3.63, 3.8) is 0 Å². The quantitative estimate of drug-likeness (QED) is 0.611. The number of nitrogens with one attached hydrogen (secondary N) is 1. The summed E-state index contributed by atoms with van der Waals surface area (Å²) in [5.41, 5.74) is 2.41. The van der Waals surface area contributed by atoms with Gasteiger partial charge in [0.25, 0.3) is 5.91 Å². The Bertz CT molecular complexity index is 1000.